The van der Waals surface area contributed by atoms with Gasteiger partial charge in [-0.25, -0.2) is 9.78 Å². The first-order valence-electron chi connectivity index (χ1n) is 8.22. The highest BCUT2D eigenvalue weighted by atomic mass is 35.5. The number of halogens is 1. The third-order valence-electron chi connectivity index (χ3n) is 4.49. The van der Waals surface area contributed by atoms with Crippen molar-refractivity contribution in [1.29, 1.82) is 0 Å². The van der Waals surface area contributed by atoms with Crippen molar-refractivity contribution in [2.24, 2.45) is 0 Å². The summed E-state index contributed by atoms with van der Waals surface area (Å²) in [6.07, 6.45) is 0.308. The van der Waals surface area contributed by atoms with Crippen LogP contribution < -0.4 is 10.2 Å². The molecule has 5 nitrogen and oxygen atoms in total. The number of rotatable bonds is 5. The maximum Gasteiger partial charge on any atom is 0.406 e. The number of nitrogens with one attached hydrogen (secondary N) is 1. The molecule has 1 atom stereocenters. The van der Waals surface area contributed by atoms with Gasteiger partial charge in [0.25, 0.3) is 0 Å². The quantitative estimate of drug-likeness (QED) is 0.783. The van der Waals surface area contributed by atoms with Crippen LogP contribution in [0.4, 0.5) is 10.5 Å². The summed E-state index contributed by atoms with van der Waals surface area (Å²) >= 11 is 7.79. The first-order chi connectivity index (χ1) is 11.9. The highest BCUT2D eigenvalue weighted by Gasteiger charge is 2.40. The molecule has 3 heterocycles. The molecule has 0 aromatic carbocycles. The summed E-state index contributed by atoms with van der Waals surface area (Å²) in [5.41, 5.74) is 3.26. The lowest BCUT2D eigenvalue weighted by atomic mass is 9.91. The molecule has 1 unspecified atom stereocenters. The van der Waals surface area contributed by atoms with E-state index in [1.165, 1.54) is 5.56 Å². The minimum Gasteiger partial charge on any atom is -0.449 e. The van der Waals surface area contributed by atoms with Crippen LogP contribution in [0.2, 0.25) is 5.15 Å². The van der Waals surface area contributed by atoms with E-state index in [0.717, 1.165) is 17.9 Å². The summed E-state index contributed by atoms with van der Waals surface area (Å²) < 4.78 is 5.23. The predicted molar refractivity (Wildman–Crippen MR) is 102 cm³/mol. The summed E-state index contributed by atoms with van der Waals surface area (Å²) in [6, 6.07) is 6.13. The van der Waals surface area contributed by atoms with Crippen LogP contribution >= 0.6 is 22.9 Å². The number of amides is 1. The molecule has 1 amide bonds. The van der Waals surface area contributed by atoms with E-state index >= 15 is 0 Å². The van der Waals surface area contributed by atoms with Gasteiger partial charge in [0.2, 0.25) is 0 Å². The first kappa shape index (κ1) is 18.0. The Morgan fingerprint density at radius 1 is 1.48 bits per heavy atom. The van der Waals surface area contributed by atoms with Gasteiger partial charge in [0.15, 0.2) is 0 Å². The van der Waals surface area contributed by atoms with Crippen LogP contribution in [0.3, 0.4) is 0 Å². The molecule has 25 heavy (non-hydrogen) atoms. The number of ether oxygens (including phenoxy) is 1. The van der Waals surface area contributed by atoms with Crippen LogP contribution in [0.1, 0.15) is 37.6 Å². The SMILES string of the molecule is CNC(=O)OCCC(c1ccsc1)N1CC(C)(C)c2nc(Cl)ccc21. The molecule has 0 spiro atoms. The fourth-order valence-corrected chi connectivity index (χ4v) is 4.18. The van der Waals surface area contributed by atoms with Gasteiger partial charge in [-0.15, -0.1) is 0 Å². The van der Waals surface area contributed by atoms with Crippen molar-refractivity contribution in [1.82, 2.24) is 10.3 Å². The molecule has 1 N–H and O–H groups in total. The minimum absolute atomic E-state index is 0.0871. The molecule has 3 rings (SSSR count). The number of carbonyl (C=O) groups excluding carboxylic acids is 1. The van der Waals surface area contributed by atoms with Gasteiger partial charge in [0.05, 0.1) is 24.0 Å². The van der Waals surface area contributed by atoms with Crippen LogP contribution in [-0.2, 0) is 10.2 Å². The lowest BCUT2D eigenvalue weighted by Crippen LogP contribution is -2.33. The van der Waals surface area contributed by atoms with Crippen LogP contribution in [0, 0.1) is 0 Å². The Morgan fingerprint density at radius 2 is 2.28 bits per heavy atom. The lowest BCUT2D eigenvalue weighted by molar-refractivity contribution is 0.144. The molecule has 0 fully saturated rings. The van der Waals surface area contributed by atoms with Crippen molar-refractivity contribution in [3.63, 3.8) is 0 Å². The van der Waals surface area contributed by atoms with Gasteiger partial charge in [-0.05, 0) is 34.5 Å². The molecule has 2 aromatic heterocycles. The van der Waals surface area contributed by atoms with Gasteiger partial charge in [-0.1, -0.05) is 25.4 Å². The van der Waals surface area contributed by atoms with E-state index in [-0.39, 0.29) is 11.5 Å². The third kappa shape index (κ3) is 3.75. The second-order valence-corrected chi connectivity index (χ2v) is 7.93. The molecule has 0 saturated carbocycles. The van der Waals surface area contributed by atoms with Crippen molar-refractivity contribution in [3.05, 3.63) is 45.4 Å². The van der Waals surface area contributed by atoms with Crippen LogP contribution in [0.5, 0.6) is 0 Å². The zero-order valence-electron chi connectivity index (χ0n) is 14.6. The van der Waals surface area contributed by atoms with E-state index in [2.05, 4.69) is 45.9 Å². The zero-order chi connectivity index (χ0) is 18.0. The Kier molecular flexibility index (Phi) is 5.20. The molecular weight excluding hydrogens is 358 g/mol. The summed E-state index contributed by atoms with van der Waals surface area (Å²) in [6.45, 7) is 5.56. The molecular formula is C18H22ClN3O2S. The number of aromatic nitrogens is 1. The molecule has 2 aromatic rings. The number of hydrogen-bond donors (Lipinski definition) is 1. The highest BCUT2D eigenvalue weighted by molar-refractivity contribution is 7.08. The second-order valence-electron chi connectivity index (χ2n) is 6.76. The van der Waals surface area contributed by atoms with Gasteiger partial charge in [0.1, 0.15) is 5.15 Å². The normalized spacial score (nSPS) is 16.4. The fourth-order valence-electron chi connectivity index (χ4n) is 3.32. The first-order valence-corrected chi connectivity index (χ1v) is 9.55. The van der Waals surface area contributed by atoms with Gasteiger partial charge >= 0.3 is 6.09 Å². The topological polar surface area (TPSA) is 54.5 Å². The molecule has 1 aliphatic heterocycles. The van der Waals surface area contributed by atoms with Crippen molar-refractivity contribution >= 4 is 34.7 Å². The molecule has 0 bridgehead atoms. The zero-order valence-corrected chi connectivity index (χ0v) is 16.2. The largest absolute Gasteiger partial charge is 0.449 e. The van der Waals surface area contributed by atoms with Gasteiger partial charge in [-0.3, -0.25) is 0 Å². The number of hydrogen-bond acceptors (Lipinski definition) is 5. The summed E-state index contributed by atoms with van der Waals surface area (Å²) in [5, 5.41) is 7.22. The second kappa shape index (κ2) is 7.22. The van der Waals surface area contributed by atoms with Crippen molar-refractivity contribution in [3.8, 4) is 0 Å². The number of fused-ring (bicyclic) bond motifs is 1. The van der Waals surface area contributed by atoms with Crippen LogP contribution in [-0.4, -0.2) is 31.3 Å². The van der Waals surface area contributed by atoms with E-state index in [1.807, 2.05) is 12.1 Å². The number of nitrogens with zero attached hydrogens (tertiary/aromatic N) is 2. The standard InChI is InChI=1S/C18H22ClN3O2S/c1-18(2)11-22(14-4-5-15(19)21-16(14)18)13(12-7-9-25-10-12)6-8-24-17(23)20-3/h4-5,7,9-10,13H,6,8,11H2,1-3H3,(H,20,23). The average Bonchev–Trinajstić information content (AvgIpc) is 3.18. The van der Waals surface area contributed by atoms with Gasteiger partial charge in [0, 0.05) is 25.4 Å². The van der Waals surface area contributed by atoms with Crippen LogP contribution in [0.15, 0.2) is 29.0 Å². The fraction of sp³-hybridized carbons (Fsp3) is 0.444. The Morgan fingerprint density at radius 3 is 2.96 bits per heavy atom. The van der Waals surface area contributed by atoms with E-state index in [9.17, 15) is 4.79 Å². The smallest absolute Gasteiger partial charge is 0.406 e. The number of anilines is 1. The summed E-state index contributed by atoms with van der Waals surface area (Å²) in [5.74, 6) is 0. The molecule has 0 aliphatic carbocycles. The maximum absolute atomic E-state index is 11.4. The predicted octanol–water partition coefficient (Wildman–Crippen LogP) is 4.38. The average molecular weight is 380 g/mol. The monoisotopic (exact) mass is 379 g/mol. The van der Waals surface area contributed by atoms with Gasteiger partial charge < -0.3 is 15.0 Å². The molecule has 7 heteroatoms. The van der Waals surface area contributed by atoms with Crippen LogP contribution in [0.25, 0.3) is 0 Å². The molecule has 1 aliphatic rings. The third-order valence-corrected chi connectivity index (χ3v) is 5.40. The minimum atomic E-state index is -0.403. The van der Waals surface area contributed by atoms with Crippen molar-refractivity contribution in [2.75, 3.05) is 25.1 Å². The summed E-state index contributed by atoms with van der Waals surface area (Å²) in [7, 11) is 1.56. The van der Waals surface area contributed by atoms with Gasteiger partial charge in [-0.2, -0.15) is 11.3 Å². The number of thiophene rings is 1. The number of pyridine rings is 1. The Bertz CT molecular complexity index is 749. The van der Waals surface area contributed by atoms with E-state index in [1.54, 1.807) is 18.4 Å². The lowest BCUT2D eigenvalue weighted by Gasteiger charge is -2.31. The highest BCUT2D eigenvalue weighted by Crippen LogP contribution is 2.44. The molecule has 0 saturated heterocycles. The maximum atomic E-state index is 11.4. The Labute approximate surface area is 157 Å². The Hall–Kier alpha value is -1.79. The molecule has 0 radical (unpaired) electrons. The van der Waals surface area contributed by atoms with Crippen molar-refractivity contribution in [2.45, 2.75) is 31.7 Å². The Balaban J connectivity index is 1.88. The molecule has 134 valence electrons. The number of carbonyl (C=O) groups is 1. The number of alkyl carbamates (subject to hydrolysis) is 1. The van der Waals surface area contributed by atoms with E-state index < -0.39 is 6.09 Å². The van der Waals surface area contributed by atoms with Crippen molar-refractivity contribution < 1.29 is 9.53 Å². The van der Waals surface area contributed by atoms with E-state index in [0.29, 0.717) is 18.2 Å². The summed E-state index contributed by atoms with van der Waals surface area (Å²) in [4.78, 5) is 18.3. The van der Waals surface area contributed by atoms with E-state index in [4.69, 9.17) is 16.3 Å².